The van der Waals surface area contributed by atoms with Crippen LogP contribution in [0, 0.1) is 12.3 Å². The fourth-order valence-electron chi connectivity index (χ4n) is 2.88. The largest absolute Gasteiger partial charge is 0.315 e. The first-order valence-electron chi connectivity index (χ1n) is 6.24. The van der Waals surface area contributed by atoms with Crippen LogP contribution >= 0.6 is 0 Å². The van der Waals surface area contributed by atoms with Crippen LogP contribution in [0.4, 0.5) is 0 Å². The molecule has 0 radical (unpaired) electrons. The molecule has 86 valence electrons. The first kappa shape index (κ1) is 10.3. The van der Waals surface area contributed by atoms with Crippen molar-refractivity contribution in [1.29, 1.82) is 0 Å². The molecule has 0 atom stereocenters. The van der Waals surface area contributed by atoms with Gasteiger partial charge in [-0.3, -0.25) is 4.90 Å². The van der Waals surface area contributed by atoms with Crippen LogP contribution < -0.4 is 5.32 Å². The lowest BCUT2D eigenvalue weighted by atomic mass is 9.81. The van der Waals surface area contributed by atoms with Gasteiger partial charge in [0.2, 0.25) is 0 Å². The molecule has 2 heterocycles. The molecule has 0 unspecified atom stereocenters. The number of hydrogen-bond donors (Lipinski definition) is 1. The van der Waals surface area contributed by atoms with Crippen LogP contribution in [0.1, 0.15) is 17.5 Å². The van der Waals surface area contributed by atoms with Gasteiger partial charge in [0.05, 0.1) is 0 Å². The molecule has 2 heteroatoms. The van der Waals surface area contributed by atoms with E-state index in [9.17, 15) is 0 Å². The molecule has 0 amide bonds. The third-order valence-corrected chi connectivity index (χ3v) is 4.04. The molecule has 0 saturated carbocycles. The average molecular weight is 216 g/mol. The summed E-state index contributed by atoms with van der Waals surface area (Å²) in [5.41, 5.74) is 3.44. The van der Waals surface area contributed by atoms with Crippen LogP contribution in [0.5, 0.6) is 0 Å². The fourth-order valence-corrected chi connectivity index (χ4v) is 2.88. The molecule has 0 aromatic heterocycles. The molecular weight excluding hydrogens is 196 g/mol. The van der Waals surface area contributed by atoms with E-state index in [1.54, 1.807) is 0 Å². The number of likely N-dealkylation sites (tertiary alicyclic amines) is 1. The first-order chi connectivity index (χ1) is 7.76. The molecule has 16 heavy (non-hydrogen) atoms. The van der Waals surface area contributed by atoms with Crippen molar-refractivity contribution in [2.75, 3.05) is 26.2 Å². The van der Waals surface area contributed by atoms with E-state index in [1.807, 2.05) is 0 Å². The Morgan fingerprint density at radius 3 is 2.56 bits per heavy atom. The van der Waals surface area contributed by atoms with Crippen LogP contribution in [0.25, 0.3) is 0 Å². The van der Waals surface area contributed by atoms with Gasteiger partial charge in [-0.15, -0.1) is 0 Å². The predicted octanol–water partition coefficient (Wildman–Crippen LogP) is 1.79. The normalized spacial score (nSPS) is 23.6. The molecule has 2 aliphatic heterocycles. The van der Waals surface area contributed by atoms with E-state index in [2.05, 4.69) is 41.4 Å². The van der Waals surface area contributed by atoms with Gasteiger partial charge in [0.25, 0.3) is 0 Å². The van der Waals surface area contributed by atoms with Crippen LogP contribution in [-0.2, 0) is 6.54 Å². The van der Waals surface area contributed by atoms with Gasteiger partial charge in [0, 0.05) is 31.6 Å². The van der Waals surface area contributed by atoms with Crippen LogP contribution in [0.15, 0.2) is 24.3 Å². The second kappa shape index (κ2) is 3.86. The van der Waals surface area contributed by atoms with Gasteiger partial charge < -0.3 is 5.32 Å². The Hall–Kier alpha value is -0.860. The monoisotopic (exact) mass is 216 g/mol. The minimum atomic E-state index is 0.630. The highest BCUT2D eigenvalue weighted by Crippen LogP contribution is 2.34. The Balaban J connectivity index is 1.61. The Labute approximate surface area is 97.6 Å². The van der Waals surface area contributed by atoms with Crippen LogP contribution in [0.2, 0.25) is 0 Å². The summed E-state index contributed by atoms with van der Waals surface area (Å²) in [4.78, 5) is 2.60. The first-order valence-corrected chi connectivity index (χ1v) is 6.24. The molecule has 1 N–H and O–H groups in total. The number of nitrogens with zero attached hydrogens (tertiary/aromatic N) is 1. The van der Waals surface area contributed by atoms with E-state index in [1.165, 1.54) is 43.7 Å². The molecule has 2 aliphatic rings. The quantitative estimate of drug-likeness (QED) is 0.811. The number of aryl methyl sites for hydroxylation is 1. The molecule has 2 saturated heterocycles. The Morgan fingerprint density at radius 1 is 1.25 bits per heavy atom. The van der Waals surface area contributed by atoms with Gasteiger partial charge in [0.15, 0.2) is 0 Å². The van der Waals surface area contributed by atoms with E-state index in [0.717, 1.165) is 6.54 Å². The van der Waals surface area contributed by atoms with E-state index < -0.39 is 0 Å². The summed E-state index contributed by atoms with van der Waals surface area (Å²) in [7, 11) is 0. The zero-order chi connectivity index (χ0) is 11.0. The van der Waals surface area contributed by atoms with Gasteiger partial charge in [-0.2, -0.15) is 0 Å². The zero-order valence-electron chi connectivity index (χ0n) is 10.00. The van der Waals surface area contributed by atoms with E-state index in [-0.39, 0.29) is 0 Å². The SMILES string of the molecule is Cc1ccc(CN2CCC3(CNC3)C2)cc1. The van der Waals surface area contributed by atoms with Crippen molar-refractivity contribution in [2.24, 2.45) is 5.41 Å². The summed E-state index contributed by atoms with van der Waals surface area (Å²) < 4.78 is 0. The van der Waals surface area contributed by atoms with E-state index in [0.29, 0.717) is 5.41 Å². The molecule has 1 aromatic rings. The highest BCUT2D eigenvalue weighted by molar-refractivity contribution is 5.21. The summed E-state index contributed by atoms with van der Waals surface area (Å²) in [5.74, 6) is 0. The number of benzene rings is 1. The number of nitrogens with one attached hydrogen (secondary N) is 1. The Kier molecular flexibility index (Phi) is 2.49. The van der Waals surface area contributed by atoms with Crippen LogP contribution in [-0.4, -0.2) is 31.1 Å². The molecule has 1 spiro atoms. The summed E-state index contributed by atoms with van der Waals surface area (Å²) >= 11 is 0. The topological polar surface area (TPSA) is 15.3 Å². The standard InChI is InChI=1S/C14H20N2/c1-12-2-4-13(5-3-12)8-16-7-6-14(11-16)9-15-10-14/h2-5,15H,6-11H2,1H3. The van der Waals surface area contributed by atoms with Crippen LogP contribution in [0.3, 0.4) is 0 Å². The van der Waals surface area contributed by atoms with E-state index >= 15 is 0 Å². The van der Waals surface area contributed by atoms with Gasteiger partial charge in [-0.1, -0.05) is 29.8 Å². The van der Waals surface area contributed by atoms with Crippen molar-refractivity contribution in [1.82, 2.24) is 10.2 Å². The van der Waals surface area contributed by atoms with Crippen molar-refractivity contribution in [2.45, 2.75) is 19.9 Å². The second-order valence-corrected chi connectivity index (χ2v) is 5.55. The molecule has 0 aliphatic carbocycles. The predicted molar refractivity (Wildman–Crippen MR) is 66.4 cm³/mol. The third-order valence-electron chi connectivity index (χ3n) is 4.04. The van der Waals surface area contributed by atoms with Gasteiger partial charge in [0.1, 0.15) is 0 Å². The maximum absolute atomic E-state index is 3.41. The molecular formula is C14H20N2. The lowest BCUT2D eigenvalue weighted by molar-refractivity contribution is 0.167. The maximum Gasteiger partial charge on any atom is 0.0233 e. The summed E-state index contributed by atoms with van der Waals surface area (Å²) in [6.45, 7) is 8.30. The molecule has 0 bridgehead atoms. The van der Waals surface area contributed by atoms with Crippen molar-refractivity contribution < 1.29 is 0 Å². The van der Waals surface area contributed by atoms with Crippen molar-refractivity contribution >= 4 is 0 Å². The lowest BCUT2D eigenvalue weighted by Gasteiger charge is -2.39. The highest BCUT2D eigenvalue weighted by atomic mass is 15.2. The molecule has 2 nitrogen and oxygen atoms in total. The third kappa shape index (κ3) is 1.87. The molecule has 2 fully saturated rings. The minimum absolute atomic E-state index is 0.630. The van der Waals surface area contributed by atoms with Gasteiger partial charge in [-0.25, -0.2) is 0 Å². The summed E-state index contributed by atoms with van der Waals surface area (Å²) in [6, 6.07) is 8.96. The fraction of sp³-hybridized carbons (Fsp3) is 0.571. The Bertz CT molecular complexity index is 365. The van der Waals surface area contributed by atoms with Gasteiger partial charge in [-0.05, 0) is 25.5 Å². The number of hydrogen-bond acceptors (Lipinski definition) is 2. The summed E-state index contributed by atoms with van der Waals surface area (Å²) in [6.07, 6.45) is 1.38. The van der Waals surface area contributed by atoms with Crippen molar-refractivity contribution in [3.63, 3.8) is 0 Å². The zero-order valence-corrected chi connectivity index (χ0v) is 10.00. The summed E-state index contributed by atoms with van der Waals surface area (Å²) in [5, 5.41) is 3.41. The number of rotatable bonds is 2. The van der Waals surface area contributed by atoms with Crippen molar-refractivity contribution in [3.8, 4) is 0 Å². The highest BCUT2D eigenvalue weighted by Gasteiger charge is 2.42. The Morgan fingerprint density at radius 2 is 2.00 bits per heavy atom. The average Bonchev–Trinajstić information content (AvgIpc) is 2.66. The molecule has 1 aromatic carbocycles. The maximum atomic E-state index is 3.41. The van der Waals surface area contributed by atoms with Crippen molar-refractivity contribution in [3.05, 3.63) is 35.4 Å². The second-order valence-electron chi connectivity index (χ2n) is 5.55. The lowest BCUT2D eigenvalue weighted by Crippen LogP contribution is -2.54. The minimum Gasteiger partial charge on any atom is -0.315 e. The van der Waals surface area contributed by atoms with Gasteiger partial charge >= 0.3 is 0 Å². The molecule has 3 rings (SSSR count). The smallest absolute Gasteiger partial charge is 0.0233 e. The van der Waals surface area contributed by atoms with E-state index in [4.69, 9.17) is 0 Å².